The maximum Gasteiger partial charge on any atom is 0.150 e. The summed E-state index contributed by atoms with van der Waals surface area (Å²) in [5, 5.41) is 11.7. The van der Waals surface area contributed by atoms with Crippen molar-refractivity contribution in [3.05, 3.63) is 53.6 Å². The Morgan fingerprint density at radius 2 is 2.33 bits per heavy atom. The molecule has 5 heteroatoms. The standard InChI is InChI=1S/C16H18N2O2S/c1-12-4-8-21-15(12)16-17-5-6-18(16)10-13(11-19)9-14-3-2-7-20-14/h2-8,13,19H,9-11H2,1H3/t13-/m0/s1. The van der Waals surface area contributed by atoms with Crippen molar-refractivity contribution in [3.8, 4) is 10.7 Å². The average Bonchev–Trinajstić information content (AvgIpc) is 3.20. The first-order chi connectivity index (χ1) is 10.3. The number of hydrogen-bond donors (Lipinski definition) is 1. The molecule has 3 rings (SSSR count). The molecule has 0 aliphatic carbocycles. The van der Waals surface area contributed by atoms with Gasteiger partial charge in [-0.15, -0.1) is 11.3 Å². The van der Waals surface area contributed by atoms with Crippen molar-refractivity contribution in [2.45, 2.75) is 19.9 Å². The van der Waals surface area contributed by atoms with Crippen LogP contribution < -0.4 is 0 Å². The largest absolute Gasteiger partial charge is 0.469 e. The highest BCUT2D eigenvalue weighted by molar-refractivity contribution is 7.13. The summed E-state index contributed by atoms with van der Waals surface area (Å²) in [6.45, 7) is 2.95. The van der Waals surface area contributed by atoms with Crippen LogP contribution in [0, 0.1) is 12.8 Å². The third-order valence-electron chi connectivity index (χ3n) is 3.56. The molecule has 0 saturated heterocycles. The normalized spacial score (nSPS) is 12.7. The van der Waals surface area contributed by atoms with E-state index in [2.05, 4.69) is 27.9 Å². The predicted octanol–water partition coefficient (Wildman–Crippen LogP) is 3.36. The van der Waals surface area contributed by atoms with Crippen molar-refractivity contribution in [2.75, 3.05) is 6.61 Å². The number of nitrogens with zero attached hydrogens (tertiary/aromatic N) is 2. The molecule has 0 unspecified atom stereocenters. The van der Waals surface area contributed by atoms with Crippen LogP contribution in [0.4, 0.5) is 0 Å². The molecular formula is C16H18N2O2S. The van der Waals surface area contributed by atoms with Crippen LogP contribution in [0.1, 0.15) is 11.3 Å². The molecule has 0 aromatic carbocycles. The maximum absolute atomic E-state index is 9.63. The molecule has 110 valence electrons. The van der Waals surface area contributed by atoms with Crippen molar-refractivity contribution >= 4 is 11.3 Å². The summed E-state index contributed by atoms with van der Waals surface area (Å²) in [6, 6.07) is 5.92. The first-order valence-electron chi connectivity index (χ1n) is 6.96. The number of aryl methyl sites for hydroxylation is 1. The molecule has 4 nitrogen and oxygen atoms in total. The van der Waals surface area contributed by atoms with E-state index in [1.165, 1.54) is 10.4 Å². The zero-order valence-electron chi connectivity index (χ0n) is 11.9. The van der Waals surface area contributed by atoms with E-state index in [0.717, 1.165) is 24.6 Å². The van der Waals surface area contributed by atoms with E-state index < -0.39 is 0 Å². The number of rotatable bonds is 6. The number of aliphatic hydroxyl groups excluding tert-OH is 1. The van der Waals surface area contributed by atoms with Crippen LogP contribution in [0.2, 0.25) is 0 Å². The average molecular weight is 302 g/mol. The number of aromatic nitrogens is 2. The Morgan fingerprint density at radius 1 is 1.43 bits per heavy atom. The molecule has 0 radical (unpaired) electrons. The van der Waals surface area contributed by atoms with Crippen LogP contribution in [0.15, 0.2) is 46.7 Å². The number of hydrogen-bond acceptors (Lipinski definition) is 4. The second-order valence-corrected chi connectivity index (χ2v) is 6.08. The first kappa shape index (κ1) is 14.1. The molecule has 3 heterocycles. The van der Waals surface area contributed by atoms with Gasteiger partial charge < -0.3 is 14.1 Å². The Labute approximate surface area is 127 Å². The molecule has 0 spiro atoms. The quantitative estimate of drug-likeness (QED) is 0.759. The van der Waals surface area contributed by atoms with Gasteiger partial charge in [-0.05, 0) is 36.1 Å². The van der Waals surface area contributed by atoms with E-state index in [1.54, 1.807) is 17.6 Å². The van der Waals surface area contributed by atoms with E-state index in [9.17, 15) is 5.11 Å². The van der Waals surface area contributed by atoms with Crippen molar-refractivity contribution < 1.29 is 9.52 Å². The molecule has 0 aliphatic heterocycles. The number of thiophene rings is 1. The zero-order valence-corrected chi connectivity index (χ0v) is 12.7. The van der Waals surface area contributed by atoms with E-state index in [0.29, 0.717) is 0 Å². The van der Waals surface area contributed by atoms with Gasteiger partial charge in [-0.2, -0.15) is 0 Å². The molecule has 1 N–H and O–H groups in total. The highest BCUT2D eigenvalue weighted by Crippen LogP contribution is 2.28. The van der Waals surface area contributed by atoms with Crippen LogP contribution in [0.25, 0.3) is 10.7 Å². The molecule has 0 bridgehead atoms. The van der Waals surface area contributed by atoms with Crippen molar-refractivity contribution in [2.24, 2.45) is 5.92 Å². The Morgan fingerprint density at radius 3 is 3.00 bits per heavy atom. The fraction of sp³-hybridized carbons (Fsp3) is 0.312. The lowest BCUT2D eigenvalue weighted by molar-refractivity contribution is 0.204. The minimum Gasteiger partial charge on any atom is -0.469 e. The van der Waals surface area contributed by atoms with Crippen LogP contribution >= 0.6 is 11.3 Å². The monoisotopic (exact) mass is 302 g/mol. The Balaban J connectivity index is 1.78. The van der Waals surface area contributed by atoms with E-state index in [4.69, 9.17) is 4.42 Å². The molecule has 0 amide bonds. The van der Waals surface area contributed by atoms with Crippen molar-refractivity contribution in [1.29, 1.82) is 0 Å². The summed E-state index contributed by atoms with van der Waals surface area (Å²) in [4.78, 5) is 5.66. The smallest absolute Gasteiger partial charge is 0.150 e. The first-order valence-corrected chi connectivity index (χ1v) is 7.84. The third kappa shape index (κ3) is 3.09. The van der Waals surface area contributed by atoms with Gasteiger partial charge in [0.2, 0.25) is 0 Å². The van der Waals surface area contributed by atoms with Crippen molar-refractivity contribution in [3.63, 3.8) is 0 Å². The highest BCUT2D eigenvalue weighted by atomic mass is 32.1. The number of aliphatic hydroxyl groups is 1. The summed E-state index contributed by atoms with van der Waals surface area (Å²) >= 11 is 1.70. The van der Waals surface area contributed by atoms with Gasteiger partial charge in [0.1, 0.15) is 11.6 Å². The SMILES string of the molecule is Cc1ccsc1-c1nccn1C[C@@H](CO)Cc1ccco1. The van der Waals surface area contributed by atoms with Gasteiger partial charge in [0.05, 0.1) is 11.1 Å². The Kier molecular flexibility index (Phi) is 4.22. The summed E-state index contributed by atoms with van der Waals surface area (Å²) in [5.74, 6) is 1.99. The van der Waals surface area contributed by atoms with E-state index >= 15 is 0 Å². The minimum absolute atomic E-state index is 0.115. The van der Waals surface area contributed by atoms with Gasteiger partial charge in [0.25, 0.3) is 0 Å². The van der Waals surface area contributed by atoms with Crippen LogP contribution in [0.5, 0.6) is 0 Å². The van der Waals surface area contributed by atoms with Crippen LogP contribution in [0.3, 0.4) is 0 Å². The predicted molar refractivity (Wildman–Crippen MR) is 83.3 cm³/mol. The lowest BCUT2D eigenvalue weighted by Crippen LogP contribution is -2.17. The van der Waals surface area contributed by atoms with Crippen LogP contribution in [-0.4, -0.2) is 21.3 Å². The van der Waals surface area contributed by atoms with Gasteiger partial charge in [0, 0.05) is 37.9 Å². The second-order valence-electron chi connectivity index (χ2n) is 5.17. The molecule has 0 aliphatic rings. The Hall–Kier alpha value is -1.85. The lowest BCUT2D eigenvalue weighted by Gasteiger charge is -2.15. The van der Waals surface area contributed by atoms with Crippen LogP contribution in [-0.2, 0) is 13.0 Å². The van der Waals surface area contributed by atoms with Gasteiger partial charge >= 0.3 is 0 Å². The molecule has 3 aromatic heterocycles. The summed E-state index contributed by atoms with van der Waals surface area (Å²) in [6.07, 6.45) is 6.18. The topological polar surface area (TPSA) is 51.2 Å². The molecule has 0 saturated carbocycles. The van der Waals surface area contributed by atoms with E-state index in [1.807, 2.05) is 24.5 Å². The van der Waals surface area contributed by atoms with Gasteiger partial charge in [-0.1, -0.05) is 0 Å². The van der Waals surface area contributed by atoms with Crippen molar-refractivity contribution in [1.82, 2.24) is 9.55 Å². The lowest BCUT2D eigenvalue weighted by atomic mass is 10.0. The Bertz CT molecular complexity index is 685. The zero-order chi connectivity index (χ0) is 14.7. The molecule has 0 fully saturated rings. The summed E-state index contributed by atoms with van der Waals surface area (Å²) in [5.41, 5.74) is 1.24. The third-order valence-corrected chi connectivity index (χ3v) is 4.58. The number of imidazole rings is 1. The highest BCUT2D eigenvalue weighted by Gasteiger charge is 2.15. The molecular weight excluding hydrogens is 284 g/mol. The minimum atomic E-state index is 0.115. The number of furan rings is 1. The molecule has 1 atom stereocenters. The fourth-order valence-electron chi connectivity index (χ4n) is 2.45. The summed E-state index contributed by atoms with van der Waals surface area (Å²) < 4.78 is 7.49. The van der Waals surface area contributed by atoms with Gasteiger partial charge in [-0.3, -0.25) is 0 Å². The van der Waals surface area contributed by atoms with E-state index in [-0.39, 0.29) is 12.5 Å². The second kappa shape index (κ2) is 6.28. The molecule has 3 aromatic rings. The maximum atomic E-state index is 9.63. The van der Waals surface area contributed by atoms with Gasteiger partial charge in [-0.25, -0.2) is 4.98 Å². The fourth-order valence-corrected chi connectivity index (χ4v) is 3.38. The van der Waals surface area contributed by atoms with Gasteiger partial charge in [0.15, 0.2) is 0 Å². The molecule has 21 heavy (non-hydrogen) atoms. The summed E-state index contributed by atoms with van der Waals surface area (Å²) in [7, 11) is 0.